The van der Waals surface area contributed by atoms with Gasteiger partial charge in [0.2, 0.25) is 5.91 Å². The van der Waals surface area contributed by atoms with Gasteiger partial charge >= 0.3 is 0 Å². The molecule has 0 unspecified atom stereocenters. The molecule has 5 nitrogen and oxygen atoms in total. The number of benzene rings is 2. The van der Waals surface area contributed by atoms with Gasteiger partial charge in [-0.3, -0.25) is 9.59 Å². The van der Waals surface area contributed by atoms with Crippen LogP contribution in [0.25, 0.3) is 0 Å². The van der Waals surface area contributed by atoms with E-state index < -0.39 is 0 Å². The summed E-state index contributed by atoms with van der Waals surface area (Å²) in [6, 6.07) is 16.7. The van der Waals surface area contributed by atoms with E-state index in [1.165, 1.54) is 17.0 Å². The topological polar surface area (TPSA) is 49.9 Å². The van der Waals surface area contributed by atoms with E-state index in [0.717, 1.165) is 18.4 Å². The summed E-state index contributed by atoms with van der Waals surface area (Å²) in [6.45, 7) is 4.74. The van der Waals surface area contributed by atoms with Crippen LogP contribution < -0.4 is 4.74 Å². The summed E-state index contributed by atoms with van der Waals surface area (Å²) in [7, 11) is 0. The molecule has 0 bridgehead atoms. The zero-order valence-electron chi connectivity index (χ0n) is 19.4. The highest BCUT2D eigenvalue weighted by Crippen LogP contribution is 2.34. The van der Waals surface area contributed by atoms with Crippen molar-refractivity contribution in [2.24, 2.45) is 0 Å². The Labute approximate surface area is 203 Å². The van der Waals surface area contributed by atoms with Crippen molar-refractivity contribution in [1.29, 1.82) is 0 Å². The fourth-order valence-corrected chi connectivity index (χ4v) is 5.17. The highest BCUT2D eigenvalue weighted by Gasteiger charge is 2.34. The maximum atomic E-state index is 13.6. The number of hydrogen-bond acceptors (Lipinski definition) is 4. The van der Waals surface area contributed by atoms with E-state index in [-0.39, 0.29) is 42.9 Å². The molecule has 0 fully saturated rings. The minimum Gasteiger partial charge on any atom is -0.491 e. The molecule has 1 aliphatic rings. The zero-order chi connectivity index (χ0) is 24.1. The first kappa shape index (κ1) is 24.0. The van der Waals surface area contributed by atoms with Crippen LogP contribution in [0, 0.1) is 5.82 Å². The monoisotopic (exact) mass is 480 g/mol. The lowest BCUT2D eigenvalue weighted by molar-refractivity contribution is -0.136. The Balaban J connectivity index is 1.54. The number of amides is 2. The predicted molar refractivity (Wildman–Crippen MR) is 132 cm³/mol. The lowest BCUT2D eigenvalue weighted by atomic mass is 10.00. The molecule has 0 N–H and O–H groups in total. The van der Waals surface area contributed by atoms with Crippen LogP contribution in [-0.4, -0.2) is 47.4 Å². The van der Waals surface area contributed by atoms with Gasteiger partial charge in [0.05, 0.1) is 6.04 Å². The first-order valence-corrected chi connectivity index (χ1v) is 12.5. The van der Waals surface area contributed by atoms with Crippen LogP contribution in [0.1, 0.15) is 47.1 Å². The lowest BCUT2D eigenvalue weighted by Gasteiger charge is -2.38. The average Bonchev–Trinajstić information content (AvgIpc) is 3.34. The maximum Gasteiger partial charge on any atom is 0.254 e. The van der Waals surface area contributed by atoms with Crippen LogP contribution in [0.3, 0.4) is 0 Å². The smallest absolute Gasteiger partial charge is 0.254 e. The zero-order valence-corrected chi connectivity index (χ0v) is 20.3. The fourth-order valence-electron chi connectivity index (χ4n) is 4.24. The normalized spacial score (nSPS) is 16.0. The molecule has 0 radical (unpaired) electrons. The number of halogens is 1. The minimum absolute atomic E-state index is 0.00132. The van der Waals surface area contributed by atoms with Crippen LogP contribution in [0.4, 0.5) is 4.39 Å². The molecule has 1 aromatic heterocycles. The van der Waals surface area contributed by atoms with E-state index in [9.17, 15) is 14.0 Å². The molecule has 0 spiro atoms. The van der Waals surface area contributed by atoms with E-state index in [1.54, 1.807) is 40.5 Å². The van der Waals surface area contributed by atoms with E-state index in [0.29, 0.717) is 17.9 Å². The highest BCUT2D eigenvalue weighted by atomic mass is 32.1. The standard InChI is InChI=1S/C27H29FN2O3S/c1-3-19(2)30(27(32)20-8-5-4-6-9-20)17-26(31)29-14-12-25-23(13-15-34-25)24(29)18-33-22-11-7-10-21(28)16-22/h4-11,13,15-16,19,24H,3,12,14,17-18H2,1-2H3/t19-,24-/m1/s1. The highest BCUT2D eigenvalue weighted by molar-refractivity contribution is 7.10. The summed E-state index contributed by atoms with van der Waals surface area (Å²) in [5.41, 5.74) is 1.63. The SMILES string of the molecule is CC[C@@H](C)N(CC(=O)N1CCc2sccc2[C@H]1COc1cccc(F)c1)C(=O)c1ccccc1. The van der Waals surface area contributed by atoms with Crippen molar-refractivity contribution in [3.05, 3.63) is 87.9 Å². The minimum atomic E-state index is -0.367. The molecule has 0 saturated carbocycles. The molecular formula is C27H29FN2O3S. The molecule has 2 atom stereocenters. The first-order valence-electron chi connectivity index (χ1n) is 11.6. The van der Waals surface area contributed by atoms with Gasteiger partial charge in [0, 0.05) is 29.1 Å². The lowest BCUT2D eigenvalue weighted by Crippen LogP contribution is -2.49. The molecule has 0 saturated heterocycles. The van der Waals surface area contributed by atoms with Gasteiger partial charge in [-0.1, -0.05) is 31.2 Å². The third-order valence-electron chi connectivity index (χ3n) is 6.33. The molecule has 34 heavy (non-hydrogen) atoms. The van der Waals surface area contributed by atoms with Gasteiger partial charge in [0.25, 0.3) is 5.91 Å². The van der Waals surface area contributed by atoms with Gasteiger partial charge in [-0.25, -0.2) is 4.39 Å². The van der Waals surface area contributed by atoms with Crippen molar-refractivity contribution in [2.75, 3.05) is 19.7 Å². The number of thiophene rings is 1. The van der Waals surface area contributed by atoms with Gasteiger partial charge in [-0.05, 0) is 61.0 Å². The molecule has 2 aromatic carbocycles. The van der Waals surface area contributed by atoms with Crippen molar-refractivity contribution in [1.82, 2.24) is 9.80 Å². The maximum absolute atomic E-state index is 13.6. The van der Waals surface area contributed by atoms with Gasteiger partial charge in [0.1, 0.15) is 24.7 Å². The number of hydrogen-bond donors (Lipinski definition) is 0. The Kier molecular flexibility index (Phi) is 7.63. The number of rotatable bonds is 8. The van der Waals surface area contributed by atoms with E-state index in [4.69, 9.17) is 4.74 Å². The number of nitrogens with zero attached hydrogens (tertiary/aromatic N) is 2. The quantitative estimate of drug-likeness (QED) is 0.438. The molecule has 3 aromatic rings. The molecule has 0 aliphatic carbocycles. The Morgan fingerprint density at radius 1 is 1.18 bits per heavy atom. The molecule has 2 amide bonds. The Bertz CT molecular complexity index is 1130. The predicted octanol–water partition coefficient (Wildman–Crippen LogP) is 5.33. The van der Waals surface area contributed by atoms with Gasteiger partial charge in [0.15, 0.2) is 0 Å². The summed E-state index contributed by atoms with van der Waals surface area (Å²) in [4.78, 5) is 31.5. The van der Waals surface area contributed by atoms with Crippen molar-refractivity contribution in [2.45, 2.75) is 38.8 Å². The van der Waals surface area contributed by atoms with Crippen LogP contribution >= 0.6 is 11.3 Å². The molecule has 4 rings (SSSR count). The van der Waals surface area contributed by atoms with Crippen LogP contribution in [0.15, 0.2) is 66.0 Å². The summed E-state index contributed by atoms with van der Waals surface area (Å²) in [5.74, 6) is -0.206. The second-order valence-corrected chi connectivity index (χ2v) is 9.48. The molecule has 7 heteroatoms. The van der Waals surface area contributed by atoms with Gasteiger partial charge < -0.3 is 14.5 Å². The molecule has 2 heterocycles. The van der Waals surface area contributed by atoms with Gasteiger partial charge in [-0.15, -0.1) is 11.3 Å². The Morgan fingerprint density at radius 3 is 2.71 bits per heavy atom. The Hall–Kier alpha value is -3.19. The van der Waals surface area contributed by atoms with Crippen molar-refractivity contribution in [3.63, 3.8) is 0 Å². The number of carbonyl (C=O) groups excluding carboxylic acids is 2. The average molecular weight is 481 g/mol. The number of ether oxygens (including phenoxy) is 1. The molecule has 178 valence electrons. The number of fused-ring (bicyclic) bond motifs is 1. The van der Waals surface area contributed by atoms with E-state index in [2.05, 4.69) is 0 Å². The third-order valence-corrected chi connectivity index (χ3v) is 7.33. The third kappa shape index (κ3) is 5.30. The first-order chi connectivity index (χ1) is 16.5. The fraction of sp³-hybridized carbons (Fsp3) is 0.333. The summed E-state index contributed by atoms with van der Waals surface area (Å²) in [6.07, 6.45) is 1.51. The van der Waals surface area contributed by atoms with Crippen molar-refractivity contribution in [3.8, 4) is 5.75 Å². The van der Waals surface area contributed by atoms with E-state index >= 15 is 0 Å². The number of carbonyl (C=O) groups is 2. The van der Waals surface area contributed by atoms with Crippen LogP contribution in [0.2, 0.25) is 0 Å². The molecule has 1 aliphatic heterocycles. The summed E-state index contributed by atoms with van der Waals surface area (Å²) in [5, 5.41) is 2.03. The van der Waals surface area contributed by atoms with E-state index in [1.807, 2.05) is 48.4 Å². The summed E-state index contributed by atoms with van der Waals surface area (Å²) >= 11 is 1.67. The van der Waals surface area contributed by atoms with Crippen LogP contribution in [-0.2, 0) is 11.2 Å². The van der Waals surface area contributed by atoms with Crippen molar-refractivity contribution >= 4 is 23.2 Å². The second-order valence-electron chi connectivity index (χ2n) is 8.48. The van der Waals surface area contributed by atoms with Gasteiger partial charge in [-0.2, -0.15) is 0 Å². The largest absolute Gasteiger partial charge is 0.491 e. The Morgan fingerprint density at radius 2 is 1.97 bits per heavy atom. The van der Waals surface area contributed by atoms with Crippen molar-refractivity contribution < 1.29 is 18.7 Å². The molecular weight excluding hydrogens is 451 g/mol. The van der Waals surface area contributed by atoms with Crippen LogP contribution in [0.5, 0.6) is 5.75 Å². The second kappa shape index (κ2) is 10.8. The summed E-state index contributed by atoms with van der Waals surface area (Å²) < 4.78 is 19.5.